The number of nitrogens with zero attached hydrogens (tertiary/aromatic N) is 1. The molecule has 1 unspecified atom stereocenters. The van der Waals surface area contributed by atoms with Crippen LogP contribution in [0.15, 0.2) is 16.3 Å². The van der Waals surface area contributed by atoms with Gasteiger partial charge in [0.2, 0.25) is 10.0 Å². The lowest BCUT2D eigenvalue weighted by molar-refractivity contribution is 0.149. The van der Waals surface area contributed by atoms with Gasteiger partial charge in [-0.2, -0.15) is 4.31 Å². The van der Waals surface area contributed by atoms with E-state index in [0.29, 0.717) is 18.0 Å². The number of rotatable bonds is 8. The molecule has 0 saturated carbocycles. The Kier molecular flexibility index (Phi) is 6.41. The summed E-state index contributed by atoms with van der Waals surface area (Å²) >= 11 is 1.46. The first-order valence-corrected chi connectivity index (χ1v) is 8.51. The summed E-state index contributed by atoms with van der Waals surface area (Å²) < 4.78 is 31.5. The predicted octanol–water partition coefficient (Wildman–Crippen LogP) is 1.51. The molecule has 5 nitrogen and oxygen atoms in total. The maximum absolute atomic E-state index is 12.5. The van der Waals surface area contributed by atoms with Gasteiger partial charge in [0.25, 0.3) is 0 Å². The molecule has 0 fully saturated rings. The normalized spacial score (nSPS) is 13.9. The van der Waals surface area contributed by atoms with Crippen LogP contribution >= 0.6 is 11.3 Å². The first-order valence-electron chi connectivity index (χ1n) is 6.19. The zero-order valence-corrected chi connectivity index (χ0v) is 13.5. The number of thiophene rings is 1. The Morgan fingerprint density at radius 3 is 2.79 bits per heavy atom. The molecule has 1 heterocycles. The van der Waals surface area contributed by atoms with Crippen molar-refractivity contribution in [2.24, 2.45) is 0 Å². The Morgan fingerprint density at radius 1 is 1.53 bits per heavy atom. The summed E-state index contributed by atoms with van der Waals surface area (Å²) in [5, 5.41) is 4.97. The van der Waals surface area contributed by atoms with E-state index in [9.17, 15) is 8.42 Å². The van der Waals surface area contributed by atoms with Gasteiger partial charge >= 0.3 is 0 Å². The third kappa shape index (κ3) is 4.00. The highest BCUT2D eigenvalue weighted by atomic mass is 32.2. The molecule has 0 aliphatic rings. The van der Waals surface area contributed by atoms with Crippen molar-refractivity contribution in [3.63, 3.8) is 0 Å². The van der Waals surface area contributed by atoms with Gasteiger partial charge in [-0.1, -0.05) is 6.92 Å². The fraction of sp³-hybridized carbons (Fsp3) is 0.667. The number of sulfonamides is 1. The standard InChI is InChI=1S/C12H22N2O3S2/c1-5-13-8-11-12(6-7-18-11)19(15,16)14(3)10(2)9-17-4/h6-7,10,13H,5,8-9H2,1-4H3. The molecule has 0 bridgehead atoms. The molecule has 1 rings (SSSR count). The topological polar surface area (TPSA) is 58.6 Å². The molecule has 1 atom stereocenters. The highest BCUT2D eigenvalue weighted by Crippen LogP contribution is 2.25. The van der Waals surface area contributed by atoms with Crippen molar-refractivity contribution < 1.29 is 13.2 Å². The Morgan fingerprint density at radius 2 is 2.21 bits per heavy atom. The van der Waals surface area contributed by atoms with Crippen molar-refractivity contribution in [2.75, 3.05) is 27.3 Å². The van der Waals surface area contributed by atoms with Crippen LogP contribution in [0.1, 0.15) is 18.7 Å². The lowest BCUT2D eigenvalue weighted by atomic mass is 10.4. The fourth-order valence-corrected chi connectivity index (χ4v) is 4.39. The third-order valence-electron chi connectivity index (χ3n) is 2.93. The minimum Gasteiger partial charge on any atom is -0.383 e. The molecule has 1 aromatic heterocycles. The Bertz CT molecular complexity index is 485. The van der Waals surface area contributed by atoms with Gasteiger partial charge in [-0.25, -0.2) is 8.42 Å². The number of ether oxygens (including phenoxy) is 1. The molecular weight excluding hydrogens is 284 g/mol. The number of hydrogen-bond acceptors (Lipinski definition) is 5. The van der Waals surface area contributed by atoms with Crippen molar-refractivity contribution >= 4 is 21.4 Å². The largest absolute Gasteiger partial charge is 0.383 e. The smallest absolute Gasteiger partial charge is 0.244 e. The van der Waals surface area contributed by atoms with Crippen LogP contribution in [-0.4, -0.2) is 46.1 Å². The van der Waals surface area contributed by atoms with Crippen LogP contribution in [0.25, 0.3) is 0 Å². The fourth-order valence-electron chi connectivity index (χ4n) is 1.66. The predicted molar refractivity (Wildman–Crippen MR) is 78.0 cm³/mol. The number of hydrogen-bond donors (Lipinski definition) is 1. The van der Waals surface area contributed by atoms with E-state index in [1.165, 1.54) is 15.6 Å². The molecule has 19 heavy (non-hydrogen) atoms. The van der Waals surface area contributed by atoms with Crippen LogP contribution in [0.5, 0.6) is 0 Å². The van der Waals surface area contributed by atoms with Gasteiger partial charge in [-0.05, 0) is 24.9 Å². The molecular formula is C12H22N2O3S2. The quantitative estimate of drug-likeness (QED) is 0.791. The number of likely N-dealkylation sites (N-methyl/N-ethyl adjacent to an activating group) is 1. The van der Waals surface area contributed by atoms with Crippen LogP contribution in [0, 0.1) is 0 Å². The molecule has 110 valence electrons. The van der Waals surface area contributed by atoms with E-state index in [0.717, 1.165) is 11.4 Å². The van der Waals surface area contributed by atoms with Gasteiger partial charge in [0.15, 0.2) is 0 Å². The Balaban J connectivity index is 2.96. The van der Waals surface area contributed by atoms with Gasteiger partial charge in [-0.15, -0.1) is 11.3 Å². The van der Waals surface area contributed by atoms with Crippen molar-refractivity contribution in [3.05, 3.63) is 16.3 Å². The van der Waals surface area contributed by atoms with Crippen LogP contribution in [0.3, 0.4) is 0 Å². The van der Waals surface area contributed by atoms with Crippen LogP contribution in [0.4, 0.5) is 0 Å². The Labute approximate surface area is 119 Å². The van der Waals surface area contributed by atoms with Crippen molar-refractivity contribution in [1.82, 2.24) is 9.62 Å². The second kappa shape index (κ2) is 7.35. The molecule has 1 aromatic rings. The van der Waals surface area contributed by atoms with Crippen LogP contribution in [0.2, 0.25) is 0 Å². The van der Waals surface area contributed by atoms with Gasteiger partial charge in [0.1, 0.15) is 0 Å². The average molecular weight is 306 g/mol. The summed E-state index contributed by atoms with van der Waals surface area (Å²) in [7, 11) is -0.296. The van der Waals surface area contributed by atoms with Gasteiger partial charge in [0, 0.05) is 31.6 Å². The molecule has 0 aromatic carbocycles. The maximum Gasteiger partial charge on any atom is 0.244 e. The summed E-state index contributed by atoms with van der Waals surface area (Å²) in [6.45, 7) is 5.59. The summed E-state index contributed by atoms with van der Waals surface area (Å²) in [5.41, 5.74) is 0. The second-order valence-corrected chi connectivity index (χ2v) is 7.28. The molecule has 0 saturated heterocycles. The first-order chi connectivity index (χ1) is 8.95. The highest BCUT2D eigenvalue weighted by molar-refractivity contribution is 7.89. The minimum atomic E-state index is -3.45. The third-order valence-corrected chi connectivity index (χ3v) is 6.03. The minimum absolute atomic E-state index is 0.193. The molecule has 7 heteroatoms. The van der Waals surface area contributed by atoms with Crippen LogP contribution in [-0.2, 0) is 21.3 Å². The van der Waals surface area contributed by atoms with E-state index in [-0.39, 0.29) is 6.04 Å². The van der Waals surface area contributed by atoms with Crippen molar-refractivity contribution in [2.45, 2.75) is 31.3 Å². The molecule has 0 aliphatic heterocycles. The maximum atomic E-state index is 12.5. The molecule has 0 aliphatic carbocycles. The average Bonchev–Trinajstić information content (AvgIpc) is 2.84. The lowest BCUT2D eigenvalue weighted by Gasteiger charge is -2.23. The van der Waals surface area contributed by atoms with E-state index >= 15 is 0 Å². The summed E-state index contributed by atoms with van der Waals surface area (Å²) in [5.74, 6) is 0. The van der Waals surface area contributed by atoms with E-state index in [1.807, 2.05) is 19.2 Å². The summed E-state index contributed by atoms with van der Waals surface area (Å²) in [4.78, 5) is 1.24. The highest BCUT2D eigenvalue weighted by Gasteiger charge is 2.28. The molecule has 0 radical (unpaired) electrons. The van der Waals surface area contributed by atoms with E-state index in [4.69, 9.17) is 4.74 Å². The van der Waals surface area contributed by atoms with E-state index in [1.54, 1.807) is 20.2 Å². The van der Waals surface area contributed by atoms with Gasteiger partial charge in [0.05, 0.1) is 11.5 Å². The lowest BCUT2D eigenvalue weighted by Crippen LogP contribution is -2.38. The van der Waals surface area contributed by atoms with Gasteiger partial charge < -0.3 is 10.1 Å². The van der Waals surface area contributed by atoms with Gasteiger partial charge in [-0.3, -0.25) is 0 Å². The van der Waals surface area contributed by atoms with E-state index in [2.05, 4.69) is 5.32 Å². The second-order valence-electron chi connectivity index (χ2n) is 4.31. The molecule has 1 N–H and O–H groups in total. The number of methoxy groups -OCH3 is 1. The molecule has 0 amide bonds. The van der Waals surface area contributed by atoms with Crippen molar-refractivity contribution in [1.29, 1.82) is 0 Å². The van der Waals surface area contributed by atoms with E-state index < -0.39 is 10.0 Å². The van der Waals surface area contributed by atoms with Crippen LogP contribution < -0.4 is 5.32 Å². The first kappa shape index (κ1) is 16.6. The monoisotopic (exact) mass is 306 g/mol. The zero-order valence-electron chi connectivity index (χ0n) is 11.8. The number of nitrogens with one attached hydrogen (secondary N) is 1. The SMILES string of the molecule is CCNCc1sccc1S(=O)(=O)N(C)C(C)COC. The van der Waals surface area contributed by atoms with Crippen molar-refractivity contribution in [3.8, 4) is 0 Å². The zero-order chi connectivity index (χ0) is 14.5. The molecule has 0 spiro atoms. The summed E-state index contributed by atoms with van der Waals surface area (Å²) in [6.07, 6.45) is 0. The Hall–Kier alpha value is -0.470. The summed E-state index contributed by atoms with van der Waals surface area (Å²) in [6, 6.07) is 1.48.